The first-order valence-electron chi connectivity index (χ1n) is 13.3. The molecule has 0 saturated heterocycles. The van der Waals surface area contributed by atoms with E-state index in [2.05, 4.69) is 20.6 Å². The van der Waals surface area contributed by atoms with Crippen molar-refractivity contribution in [3.63, 3.8) is 0 Å². The Morgan fingerprint density at radius 2 is 1.74 bits per heavy atom. The summed E-state index contributed by atoms with van der Waals surface area (Å²) < 4.78 is 39.9. The fourth-order valence-electron chi connectivity index (χ4n) is 5.69. The number of benzene rings is 2. The Kier molecular flexibility index (Phi) is 7.88. The van der Waals surface area contributed by atoms with Crippen molar-refractivity contribution in [2.75, 3.05) is 23.8 Å². The van der Waals surface area contributed by atoms with Crippen LogP contribution in [-0.4, -0.2) is 29.2 Å². The summed E-state index contributed by atoms with van der Waals surface area (Å²) in [5.41, 5.74) is 1.41. The van der Waals surface area contributed by atoms with Crippen LogP contribution >= 0.6 is 11.6 Å². The molecule has 7 nitrogen and oxygen atoms in total. The number of carbonyl (C=O) groups excluding carboxylic acids is 1. The number of nitrogens with zero attached hydrogens (tertiary/aromatic N) is 2. The third-order valence-electron chi connectivity index (χ3n) is 7.61. The number of aryl methyl sites for hydroxylation is 1. The van der Waals surface area contributed by atoms with Gasteiger partial charge in [0.1, 0.15) is 5.66 Å². The third-order valence-corrected chi connectivity index (χ3v) is 7.86. The zero-order valence-corrected chi connectivity index (χ0v) is 22.7. The summed E-state index contributed by atoms with van der Waals surface area (Å²) in [6.07, 6.45) is 6.80. The van der Waals surface area contributed by atoms with E-state index in [0.717, 1.165) is 37.7 Å². The van der Waals surface area contributed by atoms with Crippen LogP contribution in [0.5, 0.6) is 5.75 Å². The van der Waals surface area contributed by atoms with Gasteiger partial charge in [-0.2, -0.15) is 0 Å². The molecule has 1 aliphatic heterocycles. The fourth-order valence-corrected chi connectivity index (χ4v) is 5.81. The molecule has 2 aliphatic rings. The van der Waals surface area contributed by atoms with E-state index >= 15 is 0 Å². The molecule has 1 fully saturated rings. The van der Waals surface area contributed by atoms with Gasteiger partial charge in [-0.25, -0.2) is 23.5 Å². The second-order valence-corrected chi connectivity index (χ2v) is 10.5. The number of halogens is 3. The van der Waals surface area contributed by atoms with Crippen molar-refractivity contribution < 1.29 is 23.0 Å². The number of carbonyl (C=O) groups is 1. The highest BCUT2D eigenvalue weighted by molar-refractivity contribution is 6.30. The van der Waals surface area contributed by atoms with Crippen molar-refractivity contribution in [2.24, 2.45) is 11.8 Å². The van der Waals surface area contributed by atoms with Gasteiger partial charge in [-0.1, -0.05) is 43.0 Å². The number of hydrogen-bond acceptors (Lipinski definition) is 7. The Morgan fingerprint density at radius 3 is 2.33 bits per heavy atom. The lowest BCUT2D eigenvalue weighted by atomic mass is 9.72. The van der Waals surface area contributed by atoms with E-state index in [9.17, 15) is 13.6 Å². The number of fused-ring (bicyclic) bond motifs is 1. The summed E-state index contributed by atoms with van der Waals surface area (Å²) in [5.74, 6) is -1.93. The molecule has 1 saturated carbocycles. The van der Waals surface area contributed by atoms with Crippen LogP contribution in [0.2, 0.25) is 5.02 Å². The molecule has 0 radical (unpaired) electrons. The average Bonchev–Trinajstić information content (AvgIpc) is 3.29. The Bertz CT molecular complexity index is 1320. The maximum absolute atomic E-state index is 14.3. The van der Waals surface area contributed by atoms with Gasteiger partial charge in [0.25, 0.3) is 0 Å². The number of hydrogen-bond donors (Lipinski definition) is 2. The zero-order chi connectivity index (χ0) is 27.6. The molecule has 39 heavy (non-hydrogen) atoms. The van der Waals surface area contributed by atoms with Crippen molar-refractivity contribution >= 4 is 28.9 Å². The number of nitrogens with one attached hydrogen (secondary N) is 2. The Morgan fingerprint density at radius 1 is 1.10 bits per heavy atom. The molecule has 2 N–H and O–H groups in total. The highest BCUT2D eigenvalue weighted by Gasteiger charge is 2.49. The monoisotopic (exact) mass is 556 g/mol. The summed E-state index contributed by atoms with van der Waals surface area (Å²) in [6, 6.07) is 9.80. The molecular formula is C29H31ClF2N4O3. The van der Waals surface area contributed by atoms with Gasteiger partial charge < -0.3 is 20.1 Å². The summed E-state index contributed by atoms with van der Waals surface area (Å²) in [4.78, 5) is 20.5. The molecule has 3 aromatic rings. The highest BCUT2D eigenvalue weighted by Crippen LogP contribution is 2.49. The molecule has 0 amide bonds. The molecule has 206 valence electrons. The lowest BCUT2D eigenvalue weighted by Gasteiger charge is -2.44. The van der Waals surface area contributed by atoms with Crippen molar-refractivity contribution in [3.05, 3.63) is 76.3 Å². The number of esters is 1. The number of rotatable bonds is 8. The van der Waals surface area contributed by atoms with Crippen LogP contribution in [0, 0.1) is 30.4 Å². The molecule has 1 aliphatic carbocycles. The predicted molar refractivity (Wildman–Crippen MR) is 145 cm³/mol. The molecule has 1 aromatic heterocycles. The predicted octanol–water partition coefficient (Wildman–Crippen LogP) is 6.86. The summed E-state index contributed by atoms with van der Waals surface area (Å²) >= 11 is 6.22. The number of anilines is 2. The summed E-state index contributed by atoms with van der Waals surface area (Å²) in [5, 5.41) is 7.59. The first-order valence-corrected chi connectivity index (χ1v) is 13.6. The van der Waals surface area contributed by atoms with Crippen molar-refractivity contribution in [3.8, 4) is 5.75 Å². The van der Waals surface area contributed by atoms with Crippen LogP contribution < -0.4 is 15.4 Å². The second-order valence-electron chi connectivity index (χ2n) is 10.1. The van der Waals surface area contributed by atoms with Crippen LogP contribution in [0.15, 0.2) is 42.6 Å². The Balaban J connectivity index is 1.52. The van der Waals surface area contributed by atoms with Gasteiger partial charge in [0.05, 0.1) is 36.5 Å². The van der Waals surface area contributed by atoms with E-state index in [1.807, 2.05) is 12.1 Å². The minimum atomic E-state index is -0.922. The third kappa shape index (κ3) is 5.50. The molecule has 2 heterocycles. The molecular weight excluding hydrogens is 526 g/mol. The van der Waals surface area contributed by atoms with Crippen molar-refractivity contribution in [1.29, 1.82) is 0 Å². The largest absolute Gasteiger partial charge is 0.490 e. The van der Waals surface area contributed by atoms with Crippen LogP contribution in [0.25, 0.3) is 0 Å². The SMILES string of the molecule is CCOC(=O)c1ncc(OCC(C2CCCCC2)C2(c3ccc(Cl)cc3)Nc3cc(F)c(F)cc3N2)c(C)n1. The molecule has 10 heteroatoms. The Hall–Kier alpha value is -3.46. The van der Waals surface area contributed by atoms with Gasteiger partial charge >= 0.3 is 5.97 Å². The standard InChI is InChI=1S/C29H31ClF2N4O3/c1-3-38-28(37)27-33-15-26(17(2)34-27)39-16-21(18-7-5-4-6-8-18)29(19-9-11-20(30)12-10-19)35-24-13-22(31)23(32)14-25(24)36-29/h9-15,18,21,35-36H,3-8,16H2,1-2H3. The van der Waals surface area contributed by atoms with Gasteiger partial charge in [-0.15, -0.1) is 0 Å². The highest BCUT2D eigenvalue weighted by atomic mass is 35.5. The second kappa shape index (κ2) is 11.3. The van der Waals surface area contributed by atoms with Crippen molar-refractivity contribution in [2.45, 2.75) is 51.6 Å². The van der Waals surface area contributed by atoms with Crippen LogP contribution in [-0.2, 0) is 10.4 Å². The van der Waals surface area contributed by atoms with Crippen LogP contribution in [0.1, 0.15) is 60.9 Å². The summed E-state index contributed by atoms with van der Waals surface area (Å²) in [7, 11) is 0. The molecule has 2 aromatic carbocycles. The zero-order valence-electron chi connectivity index (χ0n) is 21.9. The number of aromatic nitrogens is 2. The van der Waals surface area contributed by atoms with E-state index in [-0.39, 0.29) is 30.9 Å². The lowest BCUT2D eigenvalue weighted by Crippen LogP contribution is -2.51. The smallest absolute Gasteiger partial charge is 0.376 e. The van der Waals surface area contributed by atoms with E-state index < -0.39 is 23.3 Å². The van der Waals surface area contributed by atoms with Gasteiger partial charge in [-0.05, 0) is 50.3 Å². The first-order chi connectivity index (χ1) is 18.8. The maximum atomic E-state index is 14.3. The van der Waals surface area contributed by atoms with Crippen LogP contribution in [0.4, 0.5) is 20.2 Å². The minimum absolute atomic E-state index is 0.0261. The van der Waals surface area contributed by atoms with Gasteiger partial charge in [0, 0.05) is 23.1 Å². The summed E-state index contributed by atoms with van der Waals surface area (Å²) in [6.45, 7) is 3.95. The number of ether oxygens (including phenoxy) is 2. The molecule has 1 unspecified atom stereocenters. The lowest BCUT2D eigenvalue weighted by molar-refractivity contribution is 0.0511. The van der Waals surface area contributed by atoms with Crippen LogP contribution in [0.3, 0.4) is 0 Å². The normalized spacial score (nSPS) is 17.1. The molecule has 0 bridgehead atoms. The first kappa shape index (κ1) is 27.1. The van der Waals surface area contributed by atoms with Crippen molar-refractivity contribution in [1.82, 2.24) is 9.97 Å². The van der Waals surface area contributed by atoms with Gasteiger partial charge in [0.15, 0.2) is 17.4 Å². The van der Waals surface area contributed by atoms with E-state index in [1.165, 1.54) is 18.3 Å². The fraction of sp³-hybridized carbons (Fsp3) is 0.414. The minimum Gasteiger partial charge on any atom is -0.490 e. The quantitative estimate of drug-likeness (QED) is 0.293. The van der Waals surface area contributed by atoms with E-state index in [4.69, 9.17) is 21.1 Å². The van der Waals surface area contributed by atoms with E-state index in [0.29, 0.717) is 27.8 Å². The van der Waals surface area contributed by atoms with E-state index in [1.54, 1.807) is 26.0 Å². The average molecular weight is 557 g/mol. The Labute approximate surface area is 231 Å². The topological polar surface area (TPSA) is 85.4 Å². The van der Waals surface area contributed by atoms with Gasteiger partial charge in [-0.3, -0.25) is 0 Å². The molecule has 5 rings (SSSR count). The van der Waals surface area contributed by atoms with Gasteiger partial charge in [0.2, 0.25) is 5.82 Å². The molecule has 1 atom stereocenters. The molecule has 0 spiro atoms. The maximum Gasteiger partial charge on any atom is 0.376 e.